The van der Waals surface area contributed by atoms with Crippen LogP contribution in [-0.4, -0.2) is 23.9 Å². The average molecular weight is 383 g/mol. The predicted molar refractivity (Wildman–Crippen MR) is 95.1 cm³/mol. The second-order valence-electron chi connectivity index (χ2n) is 6.28. The largest absolute Gasteiger partial charge is 0.418 e. The molecule has 0 aromatic heterocycles. The molecule has 0 aliphatic carbocycles. The van der Waals surface area contributed by atoms with Gasteiger partial charge in [-0.2, -0.15) is 13.2 Å². The summed E-state index contributed by atoms with van der Waals surface area (Å²) in [6.07, 6.45) is -3.54. The van der Waals surface area contributed by atoms with Crippen molar-refractivity contribution < 1.29 is 18.0 Å². The lowest BCUT2D eigenvalue weighted by atomic mass is 10.00. The molecule has 0 spiro atoms. The minimum atomic E-state index is -4.58. The Morgan fingerprint density at radius 3 is 2.62 bits per heavy atom. The van der Waals surface area contributed by atoms with Crippen molar-refractivity contribution in [3.8, 4) is 0 Å². The third-order valence-corrected chi connectivity index (χ3v) is 4.66. The summed E-state index contributed by atoms with van der Waals surface area (Å²) in [7, 11) is 0. The van der Waals surface area contributed by atoms with Gasteiger partial charge in [-0.15, -0.1) is 0 Å². The van der Waals surface area contributed by atoms with Gasteiger partial charge in [0, 0.05) is 31.1 Å². The highest BCUT2D eigenvalue weighted by atomic mass is 35.5. The Hall–Kier alpha value is -2.05. The summed E-state index contributed by atoms with van der Waals surface area (Å²) in [5.74, 6) is -0.448. The fourth-order valence-corrected chi connectivity index (χ4v) is 3.25. The molecule has 0 saturated heterocycles. The summed E-state index contributed by atoms with van der Waals surface area (Å²) in [4.78, 5) is 14.3. The van der Waals surface area contributed by atoms with Gasteiger partial charge in [-0.1, -0.05) is 35.9 Å². The van der Waals surface area contributed by atoms with E-state index in [-0.39, 0.29) is 17.1 Å². The smallest absolute Gasteiger partial charge is 0.325 e. The molecule has 138 valence electrons. The summed E-state index contributed by atoms with van der Waals surface area (Å²) in [5.41, 5.74) is 1.33. The molecule has 2 aromatic carbocycles. The highest BCUT2D eigenvalue weighted by Gasteiger charge is 2.34. The number of carbonyl (C=O) groups excluding carboxylic acids is 1. The van der Waals surface area contributed by atoms with E-state index in [4.69, 9.17) is 11.6 Å². The topological polar surface area (TPSA) is 32.3 Å². The molecule has 1 aliphatic rings. The van der Waals surface area contributed by atoms with Gasteiger partial charge in [-0.3, -0.25) is 9.69 Å². The van der Waals surface area contributed by atoms with E-state index in [2.05, 4.69) is 22.3 Å². The Bertz CT molecular complexity index is 808. The molecule has 0 radical (unpaired) electrons. The first kappa shape index (κ1) is 18.7. The number of benzene rings is 2. The number of anilines is 1. The zero-order chi connectivity index (χ0) is 18.7. The molecule has 7 heteroatoms. The molecule has 1 heterocycles. The van der Waals surface area contributed by atoms with Gasteiger partial charge in [-0.05, 0) is 35.7 Å². The van der Waals surface area contributed by atoms with Crippen LogP contribution in [0.3, 0.4) is 0 Å². The third kappa shape index (κ3) is 4.56. The summed E-state index contributed by atoms with van der Waals surface area (Å²) in [6.45, 7) is 2.08. The van der Waals surface area contributed by atoms with E-state index in [9.17, 15) is 18.0 Å². The quantitative estimate of drug-likeness (QED) is 0.828. The van der Waals surface area contributed by atoms with Gasteiger partial charge in [0.05, 0.1) is 11.3 Å². The standard InChI is InChI=1S/C19H18ClF3N2O/c20-15-5-6-17(16(11-15)19(21,22)23)24-18(26)8-10-25-9-7-13-3-1-2-4-14(13)12-25/h1-6,11H,7-10,12H2,(H,24,26). The molecule has 0 fully saturated rings. The molecule has 1 amide bonds. The number of halogens is 4. The van der Waals surface area contributed by atoms with Crippen LogP contribution in [-0.2, 0) is 23.9 Å². The summed E-state index contributed by atoms with van der Waals surface area (Å²) in [5, 5.41) is 2.33. The molecule has 1 N–H and O–H groups in total. The Morgan fingerprint density at radius 2 is 1.88 bits per heavy atom. The number of nitrogens with zero attached hydrogens (tertiary/aromatic N) is 1. The average Bonchev–Trinajstić information content (AvgIpc) is 2.60. The predicted octanol–water partition coefficient (Wildman–Crippen LogP) is 4.75. The molecule has 3 nitrogen and oxygen atoms in total. The van der Waals surface area contributed by atoms with E-state index in [1.807, 2.05) is 12.1 Å². The number of rotatable bonds is 4. The molecule has 0 saturated carbocycles. The maximum Gasteiger partial charge on any atom is 0.418 e. The lowest BCUT2D eigenvalue weighted by molar-refractivity contribution is -0.137. The molecule has 26 heavy (non-hydrogen) atoms. The summed E-state index contributed by atoms with van der Waals surface area (Å²) >= 11 is 5.64. The first-order valence-corrected chi connectivity index (χ1v) is 8.66. The van der Waals surface area contributed by atoms with Gasteiger partial charge in [0.2, 0.25) is 5.91 Å². The number of alkyl halides is 3. The maximum atomic E-state index is 13.1. The monoisotopic (exact) mass is 382 g/mol. The van der Waals surface area contributed by atoms with Crippen LogP contribution in [0.15, 0.2) is 42.5 Å². The Morgan fingerprint density at radius 1 is 1.15 bits per heavy atom. The van der Waals surface area contributed by atoms with Crippen molar-refractivity contribution >= 4 is 23.2 Å². The zero-order valence-electron chi connectivity index (χ0n) is 13.9. The number of carbonyl (C=O) groups is 1. The molecule has 0 atom stereocenters. The number of fused-ring (bicyclic) bond motifs is 1. The van der Waals surface area contributed by atoms with Crippen molar-refractivity contribution in [1.82, 2.24) is 4.90 Å². The molecular weight excluding hydrogens is 365 g/mol. The van der Waals surface area contributed by atoms with Crippen molar-refractivity contribution in [1.29, 1.82) is 0 Å². The van der Waals surface area contributed by atoms with E-state index in [0.717, 1.165) is 25.6 Å². The molecule has 1 aliphatic heterocycles. The second-order valence-corrected chi connectivity index (χ2v) is 6.72. The van der Waals surface area contributed by atoms with Gasteiger partial charge < -0.3 is 5.32 Å². The van der Waals surface area contributed by atoms with Crippen LogP contribution in [0.4, 0.5) is 18.9 Å². The van der Waals surface area contributed by atoms with Crippen LogP contribution in [0, 0.1) is 0 Å². The first-order chi connectivity index (χ1) is 12.3. The van der Waals surface area contributed by atoms with Crippen molar-refractivity contribution in [2.24, 2.45) is 0 Å². The van der Waals surface area contributed by atoms with E-state index < -0.39 is 17.6 Å². The Balaban J connectivity index is 1.59. The van der Waals surface area contributed by atoms with Gasteiger partial charge in [0.25, 0.3) is 0 Å². The van der Waals surface area contributed by atoms with Crippen molar-refractivity contribution in [2.45, 2.75) is 25.6 Å². The second kappa shape index (κ2) is 7.68. The SMILES string of the molecule is O=C(CCN1CCc2ccccc2C1)Nc1ccc(Cl)cc1C(F)(F)F. The van der Waals surface area contributed by atoms with E-state index in [1.165, 1.54) is 23.3 Å². The highest BCUT2D eigenvalue weighted by Crippen LogP contribution is 2.36. The zero-order valence-corrected chi connectivity index (χ0v) is 14.7. The van der Waals surface area contributed by atoms with Crippen molar-refractivity contribution in [3.63, 3.8) is 0 Å². The molecular formula is C19H18ClF3N2O. The van der Waals surface area contributed by atoms with Crippen molar-refractivity contribution in [2.75, 3.05) is 18.4 Å². The first-order valence-electron chi connectivity index (χ1n) is 8.28. The van der Waals surface area contributed by atoms with Gasteiger partial charge in [0.15, 0.2) is 0 Å². The molecule has 2 aromatic rings. The molecule has 3 rings (SSSR count). The molecule has 0 bridgehead atoms. The Labute approximate surface area is 154 Å². The van der Waals surface area contributed by atoms with Crippen LogP contribution in [0.25, 0.3) is 0 Å². The summed E-state index contributed by atoms with van der Waals surface area (Å²) < 4.78 is 39.2. The number of hydrogen-bond acceptors (Lipinski definition) is 2. The fraction of sp³-hybridized carbons (Fsp3) is 0.316. The Kier molecular flexibility index (Phi) is 5.53. The lowest BCUT2D eigenvalue weighted by Gasteiger charge is -2.28. The van der Waals surface area contributed by atoms with Gasteiger partial charge in [-0.25, -0.2) is 0 Å². The maximum absolute atomic E-state index is 13.1. The summed E-state index contributed by atoms with van der Waals surface area (Å²) in [6, 6.07) is 11.5. The number of amides is 1. The highest BCUT2D eigenvalue weighted by molar-refractivity contribution is 6.30. The van der Waals surface area contributed by atoms with E-state index in [1.54, 1.807) is 0 Å². The van der Waals surface area contributed by atoms with Crippen molar-refractivity contribution in [3.05, 3.63) is 64.2 Å². The minimum absolute atomic E-state index is 0.0256. The minimum Gasteiger partial charge on any atom is -0.325 e. The fourth-order valence-electron chi connectivity index (χ4n) is 3.08. The van der Waals surface area contributed by atoms with Crippen LogP contribution in [0.1, 0.15) is 23.1 Å². The van der Waals surface area contributed by atoms with Crippen LogP contribution < -0.4 is 5.32 Å². The molecule has 0 unspecified atom stereocenters. The van der Waals surface area contributed by atoms with E-state index in [0.29, 0.717) is 6.54 Å². The van der Waals surface area contributed by atoms with Crippen LogP contribution >= 0.6 is 11.6 Å². The van der Waals surface area contributed by atoms with Crippen LogP contribution in [0.2, 0.25) is 5.02 Å². The number of hydrogen-bond donors (Lipinski definition) is 1. The van der Waals surface area contributed by atoms with E-state index >= 15 is 0 Å². The van der Waals surface area contributed by atoms with Gasteiger partial charge in [0.1, 0.15) is 0 Å². The van der Waals surface area contributed by atoms with Gasteiger partial charge >= 0.3 is 6.18 Å². The van der Waals surface area contributed by atoms with Crippen LogP contribution in [0.5, 0.6) is 0 Å². The lowest BCUT2D eigenvalue weighted by Crippen LogP contribution is -2.33. The normalized spacial score (nSPS) is 14.8. The number of nitrogens with one attached hydrogen (secondary N) is 1. The third-order valence-electron chi connectivity index (χ3n) is 4.43.